The summed E-state index contributed by atoms with van der Waals surface area (Å²) in [4.78, 5) is 16.2. The van der Waals surface area contributed by atoms with Crippen LogP contribution in [-0.4, -0.2) is 41.9 Å². The maximum atomic E-state index is 8.68. The molecule has 0 saturated carbocycles. The van der Waals surface area contributed by atoms with Crippen LogP contribution in [0.25, 0.3) is 0 Å². The largest absolute Gasteiger partial charge is 0.451 e. The van der Waals surface area contributed by atoms with Crippen LogP contribution < -0.4 is 11.1 Å². The molecule has 19 heavy (non-hydrogen) atoms. The summed E-state index contributed by atoms with van der Waals surface area (Å²) >= 11 is 0. The fraction of sp³-hybridized carbons (Fsp3) is 0.917. The van der Waals surface area contributed by atoms with Crippen molar-refractivity contribution in [2.45, 2.75) is 63.3 Å². The summed E-state index contributed by atoms with van der Waals surface area (Å²) in [5.74, 6) is 0. The van der Waals surface area contributed by atoms with Gasteiger partial charge in [0.25, 0.3) is 0 Å². The Labute approximate surface area is 114 Å². The molecular weight excluding hydrogens is 247 g/mol. The normalized spacial score (nSPS) is 19.2. The van der Waals surface area contributed by atoms with Crippen LogP contribution in [0.5, 0.6) is 0 Å². The maximum Gasteiger partial charge on any atom is 0.451 e. The molecular formula is C12H25BN2O4. The van der Waals surface area contributed by atoms with Crippen molar-refractivity contribution in [3.8, 4) is 0 Å². The van der Waals surface area contributed by atoms with E-state index in [0.717, 1.165) is 32.2 Å². The fourth-order valence-corrected chi connectivity index (χ4v) is 2.30. The van der Waals surface area contributed by atoms with Crippen LogP contribution in [0.4, 0.5) is 0 Å². The molecule has 6 nitrogen and oxygen atoms in total. The number of hydrogen-bond donors (Lipinski definition) is 4. The minimum absolute atomic E-state index is 0.250. The summed E-state index contributed by atoms with van der Waals surface area (Å²) in [5.41, 5.74) is 6.02. The van der Waals surface area contributed by atoms with Crippen molar-refractivity contribution < 1.29 is 19.6 Å². The predicted molar refractivity (Wildman–Crippen MR) is 72.1 cm³/mol. The second-order valence-corrected chi connectivity index (χ2v) is 4.98. The summed E-state index contributed by atoms with van der Waals surface area (Å²) in [6.07, 6.45) is 8.43. The molecule has 2 atom stereocenters. The summed E-state index contributed by atoms with van der Waals surface area (Å²) < 4.78 is 0. The average Bonchev–Trinajstić information content (AvgIpc) is 2.86. The van der Waals surface area contributed by atoms with E-state index in [4.69, 9.17) is 25.4 Å². The fourth-order valence-electron chi connectivity index (χ4n) is 2.30. The molecule has 0 aromatic heterocycles. The van der Waals surface area contributed by atoms with Gasteiger partial charge in [0.2, 0.25) is 0 Å². The van der Waals surface area contributed by atoms with Gasteiger partial charge < -0.3 is 21.1 Å². The van der Waals surface area contributed by atoms with Gasteiger partial charge >= 0.3 is 13.3 Å². The van der Waals surface area contributed by atoms with Crippen molar-refractivity contribution in [3.05, 3.63) is 0 Å². The highest BCUT2D eigenvalue weighted by Gasteiger charge is 2.15. The van der Waals surface area contributed by atoms with E-state index in [1.165, 1.54) is 19.3 Å². The molecule has 0 aromatic rings. The van der Waals surface area contributed by atoms with Crippen LogP contribution in [0.2, 0.25) is 6.32 Å². The van der Waals surface area contributed by atoms with Gasteiger partial charge in [-0.2, -0.15) is 9.59 Å². The zero-order valence-electron chi connectivity index (χ0n) is 11.4. The van der Waals surface area contributed by atoms with Crippen molar-refractivity contribution in [2.75, 3.05) is 6.54 Å². The lowest BCUT2D eigenvalue weighted by Gasteiger charge is -2.14. The lowest BCUT2D eigenvalue weighted by atomic mass is 9.83. The Morgan fingerprint density at radius 3 is 2.53 bits per heavy atom. The molecule has 1 fully saturated rings. The highest BCUT2D eigenvalue weighted by atomic mass is 16.4. The van der Waals surface area contributed by atoms with Crippen molar-refractivity contribution >= 4 is 13.3 Å². The molecule has 0 aromatic carbocycles. The molecule has 1 saturated heterocycles. The molecule has 7 heteroatoms. The van der Waals surface area contributed by atoms with Crippen LogP contribution in [-0.2, 0) is 9.59 Å². The average molecular weight is 272 g/mol. The minimum Gasteiger partial charge on any atom is -0.427 e. The van der Waals surface area contributed by atoms with E-state index in [-0.39, 0.29) is 12.2 Å². The van der Waals surface area contributed by atoms with Gasteiger partial charge in [0.15, 0.2) is 0 Å². The van der Waals surface area contributed by atoms with E-state index >= 15 is 0 Å². The monoisotopic (exact) mass is 272 g/mol. The molecule has 110 valence electrons. The van der Waals surface area contributed by atoms with E-state index in [9.17, 15) is 0 Å². The van der Waals surface area contributed by atoms with Crippen LogP contribution in [0.15, 0.2) is 0 Å². The number of unbranched alkanes of at least 4 members (excludes halogenated alkanes) is 1. The minimum atomic E-state index is -1.15. The molecule has 0 amide bonds. The van der Waals surface area contributed by atoms with E-state index in [1.54, 1.807) is 0 Å². The molecule has 1 heterocycles. The second-order valence-electron chi connectivity index (χ2n) is 4.98. The molecule has 1 unspecified atom stereocenters. The molecule has 1 rings (SSSR count). The van der Waals surface area contributed by atoms with Crippen LogP contribution in [0, 0.1) is 0 Å². The zero-order valence-corrected chi connectivity index (χ0v) is 11.4. The summed E-state index contributed by atoms with van der Waals surface area (Å²) in [6.45, 7) is 1.16. The molecule has 1 aliphatic rings. The van der Waals surface area contributed by atoms with E-state index in [2.05, 4.69) is 5.32 Å². The van der Waals surface area contributed by atoms with Gasteiger partial charge in [0.1, 0.15) is 0 Å². The third-order valence-electron chi connectivity index (χ3n) is 3.34. The molecule has 0 radical (unpaired) electrons. The third-order valence-corrected chi connectivity index (χ3v) is 3.34. The Kier molecular flexibility index (Phi) is 11.9. The second kappa shape index (κ2) is 12.3. The number of rotatable bonds is 8. The summed E-state index contributed by atoms with van der Waals surface area (Å²) in [5, 5.41) is 20.8. The van der Waals surface area contributed by atoms with Gasteiger partial charge in [0, 0.05) is 12.1 Å². The Morgan fingerprint density at radius 1 is 1.32 bits per heavy atom. The number of carbonyl (C=O) groups excluding carboxylic acids is 2. The van der Waals surface area contributed by atoms with Gasteiger partial charge in [-0.05, 0) is 45.0 Å². The van der Waals surface area contributed by atoms with Crippen molar-refractivity contribution in [1.82, 2.24) is 5.32 Å². The van der Waals surface area contributed by atoms with Gasteiger partial charge in [0.05, 0.1) is 0 Å². The quantitative estimate of drug-likeness (QED) is 0.363. The molecule has 5 N–H and O–H groups in total. The number of hydrogen-bond acceptors (Lipinski definition) is 6. The van der Waals surface area contributed by atoms with Crippen LogP contribution in [0.3, 0.4) is 0 Å². The first-order valence-electron chi connectivity index (χ1n) is 6.94. The van der Waals surface area contributed by atoms with Crippen LogP contribution >= 0.6 is 0 Å². The van der Waals surface area contributed by atoms with Crippen molar-refractivity contribution in [3.63, 3.8) is 0 Å². The predicted octanol–water partition coefficient (Wildman–Crippen LogP) is -0.0945. The molecule has 1 aliphatic heterocycles. The summed E-state index contributed by atoms with van der Waals surface area (Å²) in [7, 11) is -1.15. The first-order chi connectivity index (χ1) is 9.10. The van der Waals surface area contributed by atoms with Gasteiger partial charge in [-0.25, -0.2) is 0 Å². The lowest BCUT2D eigenvalue weighted by Crippen LogP contribution is -2.26. The van der Waals surface area contributed by atoms with E-state index in [0.29, 0.717) is 12.4 Å². The standard InChI is InChI=1S/C11H25BN2O2.CO2/c13-10(4-1-2-8-12(15)16)6-7-11-5-3-9-14-11;2-1-3/h10-11,14-16H,1-9,13H2;/t10?,11-;/m0./s1. The number of nitrogens with two attached hydrogens (primary N) is 1. The first-order valence-corrected chi connectivity index (χ1v) is 6.94. The Morgan fingerprint density at radius 2 is 2.00 bits per heavy atom. The molecule has 0 spiro atoms. The van der Waals surface area contributed by atoms with Crippen molar-refractivity contribution in [2.24, 2.45) is 5.73 Å². The van der Waals surface area contributed by atoms with E-state index in [1.807, 2.05) is 0 Å². The Balaban J connectivity index is 0.000000982. The van der Waals surface area contributed by atoms with Gasteiger partial charge in [-0.15, -0.1) is 0 Å². The summed E-state index contributed by atoms with van der Waals surface area (Å²) in [6, 6.07) is 0.962. The zero-order chi connectivity index (χ0) is 14.5. The van der Waals surface area contributed by atoms with E-state index < -0.39 is 7.12 Å². The van der Waals surface area contributed by atoms with Gasteiger partial charge in [-0.1, -0.05) is 12.8 Å². The Bertz CT molecular complexity index is 242. The molecule has 0 aliphatic carbocycles. The highest BCUT2D eigenvalue weighted by Crippen LogP contribution is 2.14. The van der Waals surface area contributed by atoms with Crippen molar-refractivity contribution in [1.29, 1.82) is 0 Å². The Hall–Kier alpha value is -0.715. The lowest BCUT2D eigenvalue weighted by molar-refractivity contribution is -0.191. The SMILES string of the molecule is NC(CCCCB(O)O)CC[C@@H]1CCCN1.O=C=O. The highest BCUT2D eigenvalue weighted by molar-refractivity contribution is 6.40. The number of nitrogens with one attached hydrogen (secondary N) is 1. The van der Waals surface area contributed by atoms with Crippen LogP contribution in [0.1, 0.15) is 44.9 Å². The topological polar surface area (TPSA) is 113 Å². The first kappa shape index (κ1) is 18.3. The maximum absolute atomic E-state index is 8.68. The third kappa shape index (κ3) is 12.1. The smallest absolute Gasteiger partial charge is 0.427 e. The van der Waals surface area contributed by atoms with Gasteiger partial charge in [-0.3, -0.25) is 0 Å². The molecule has 0 bridgehead atoms.